The van der Waals surface area contributed by atoms with Crippen LogP contribution in [0.25, 0.3) is 0 Å². The highest BCUT2D eigenvalue weighted by atomic mass is 19.3. The van der Waals surface area contributed by atoms with Crippen molar-refractivity contribution in [3.8, 4) is 5.75 Å². The van der Waals surface area contributed by atoms with Crippen LogP contribution in [0.5, 0.6) is 5.75 Å². The Balaban J connectivity index is 3.10. The van der Waals surface area contributed by atoms with Crippen molar-refractivity contribution in [2.24, 2.45) is 5.73 Å². The molecule has 0 aliphatic carbocycles. The lowest BCUT2D eigenvalue weighted by Crippen LogP contribution is -2.09. The molecule has 4 heteroatoms. The number of methoxy groups -OCH3 is 1. The van der Waals surface area contributed by atoms with E-state index in [0.717, 1.165) is 5.56 Å². The summed E-state index contributed by atoms with van der Waals surface area (Å²) < 4.78 is 30.2. The van der Waals surface area contributed by atoms with Crippen LogP contribution in [0, 0.1) is 0 Å². The van der Waals surface area contributed by atoms with Crippen LogP contribution >= 0.6 is 0 Å². The molecule has 2 nitrogen and oxygen atoms in total. The summed E-state index contributed by atoms with van der Waals surface area (Å²) in [7, 11) is 1.38. The van der Waals surface area contributed by atoms with Crippen molar-refractivity contribution in [3.05, 3.63) is 29.3 Å². The van der Waals surface area contributed by atoms with E-state index in [9.17, 15) is 8.78 Å². The van der Waals surface area contributed by atoms with Crippen LogP contribution in [0.15, 0.2) is 18.2 Å². The number of hydrogen-bond acceptors (Lipinski definition) is 2. The maximum absolute atomic E-state index is 12.7. The smallest absolute Gasteiger partial charge is 0.267 e. The van der Waals surface area contributed by atoms with Gasteiger partial charge in [0.2, 0.25) is 0 Å². The summed E-state index contributed by atoms with van der Waals surface area (Å²) in [5, 5.41) is 0. The second-order valence-corrected chi connectivity index (χ2v) is 3.44. The molecule has 0 aliphatic rings. The Bertz CT molecular complexity index is 328. The van der Waals surface area contributed by atoms with Crippen molar-refractivity contribution in [2.75, 3.05) is 13.7 Å². The van der Waals surface area contributed by atoms with Gasteiger partial charge in [0.15, 0.2) is 0 Å². The molecule has 0 spiro atoms. The molecule has 84 valence electrons. The van der Waals surface area contributed by atoms with E-state index in [1.54, 1.807) is 12.1 Å². The number of nitrogens with two attached hydrogens (primary N) is 1. The first-order valence-electron chi connectivity index (χ1n) is 4.76. The molecule has 1 atom stereocenters. The average Bonchev–Trinajstić information content (AvgIpc) is 2.27. The maximum atomic E-state index is 12.7. The third-order valence-electron chi connectivity index (χ3n) is 2.41. The summed E-state index contributed by atoms with van der Waals surface area (Å²) in [6.07, 6.45) is -2.52. The second-order valence-electron chi connectivity index (χ2n) is 3.44. The maximum Gasteiger partial charge on any atom is 0.267 e. The average molecular weight is 215 g/mol. The standard InChI is InChI=1S/C11H15F2NO/c1-7(6-14)8-3-4-10(15-2)9(5-8)11(12)13/h3-5,7,11H,6,14H2,1-2H3. The number of ether oxygens (including phenoxy) is 1. The summed E-state index contributed by atoms with van der Waals surface area (Å²) in [5.74, 6) is 0.298. The minimum absolute atomic E-state index is 0.0738. The molecule has 1 aromatic carbocycles. The van der Waals surface area contributed by atoms with Gasteiger partial charge in [0.1, 0.15) is 5.75 Å². The van der Waals surface area contributed by atoms with Crippen molar-refractivity contribution in [1.29, 1.82) is 0 Å². The van der Waals surface area contributed by atoms with E-state index in [2.05, 4.69) is 0 Å². The zero-order valence-electron chi connectivity index (χ0n) is 8.84. The number of halogens is 2. The van der Waals surface area contributed by atoms with Gasteiger partial charge in [-0.1, -0.05) is 13.0 Å². The molecule has 1 aromatic rings. The van der Waals surface area contributed by atoms with Crippen molar-refractivity contribution < 1.29 is 13.5 Å². The lowest BCUT2D eigenvalue weighted by molar-refractivity contribution is 0.147. The molecule has 0 aliphatic heterocycles. The highest BCUT2D eigenvalue weighted by molar-refractivity contribution is 5.39. The van der Waals surface area contributed by atoms with E-state index in [1.807, 2.05) is 6.92 Å². The third-order valence-corrected chi connectivity index (χ3v) is 2.41. The SMILES string of the molecule is COc1ccc(C(C)CN)cc1C(F)F. The molecular formula is C11H15F2NO. The predicted octanol–water partition coefficient (Wildman–Crippen LogP) is 2.70. The van der Waals surface area contributed by atoms with Gasteiger partial charge in [0.25, 0.3) is 6.43 Å². The predicted molar refractivity (Wildman–Crippen MR) is 55.4 cm³/mol. The Morgan fingerprint density at radius 3 is 2.53 bits per heavy atom. The van der Waals surface area contributed by atoms with E-state index in [4.69, 9.17) is 10.5 Å². The largest absolute Gasteiger partial charge is 0.496 e. The van der Waals surface area contributed by atoms with Crippen molar-refractivity contribution >= 4 is 0 Å². The van der Waals surface area contributed by atoms with Crippen molar-refractivity contribution in [3.63, 3.8) is 0 Å². The van der Waals surface area contributed by atoms with Gasteiger partial charge in [-0.3, -0.25) is 0 Å². The molecule has 0 fully saturated rings. The fourth-order valence-corrected chi connectivity index (χ4v) is 1.37. The molecule has 0 saturated heterocycles. The minimum Gasteiger partial charge on any atom is -0.496 e. The molecule has 0 aromatic heterocycles. The first-order chi connectivity index (χ1) is 7.10. The van der Waals surface area contributed by atoms with Gasteiger partial charge in [-0.25, -0.2) is 8.78 Å². The van der Waals surface area contributed by atoms with Gasteiger partial charge in [-0.05, 0) is 30.2 Å². The number of alkyl halides is 2. The van der Waals surface area contributed by atoms with E-state index in [1.165, 1.54) is 13.2 Å². The Morgan fingerprint density at radius 2 is 2.07 bits per heavy atom. The Hall–Kier alpha value is -1.16. The lowest BCUT2D eigenvalue weighted by Gasteiger charge is -2.13. The third kappa shape index (κ3) is 2.65. The summed E-state index contributed by atoms with van der Waals surface area (Å²) in [6.45, 7) is 2.34. The second kappa shape index (κ2) is 5.07. The monoisotopic (exact) mass is 215 g/mol. The molecule has 2 N–H and O–H groups in total. The topological polar surface area (TPSA) is 35.2 Å². The first-order valence-corrected chi connectivity index (χ1v) is 4.76. The number of hydrogen-bond donors (Lipinski definition) is 1. The molecule has 0 heterocycles. The molecule has 0 radical (unpaired) electrons. The van der Waals surface area contributed by atoms with Gasteiger partial charge >= 0.3 is 0 Å². The quantitative estimate of drug-likeness (QED) is 0.838. The Morgan fingerprint density at radius 1 is 1.40 bits per heavy atom. The lowest BCUT2D eigenvalue weighted by atomic mass is 9.99. The fraction of sp³-hybridized carbons (Fsp3) is 0.455. The molecule has 1 rings (SSSR count). The van der Waals surface area contributed by atoms with Crippen LogP contribution in [0.4, 0.5) is 8.78 Å². The van der Waals surface area contributed by atoms with Crippen molar-refractivity contribution in [2.45, 2.75) is 19.3 Å². The molecule has 0 bridgehead atoms. The Kier molecular flexibility index (Phi) is 4.03. The summed E-state index contributed by atoms with van der Waals surface area (Å²) in [6, 6.07) is 4.78. The van der Waals surface area contributed by atoms with E-state index in [0.29, 0.717) is 6.54 Å². The van der Waals surface area contributed by atoms with E-state index >= 15 is 0 Å². The van der Waals surface area contributed by atoms with E-state index < -0.39 is 6.43 Å². The highest BCUT2D eigenvalue weighted by Crippen LogP contribution is 2.31. The summed E-state index contributed by atoms with van der Waals surface area (Å²) >= 11 is 0. The zero-order chi connectivity index (χ0) is 11.4. The van der Waals surface area contributed by atoms with E-state index in [-0.39, 0.29) is 17.2 Å². The fourth-order valence-electron chi connectivity index (χ4n) is 1.37. The normalized spacial score (nSPS) is 12.9. The molecule has 15 heavy (non-hydrogen) atoms. The number of rotatable bonds is 4. The van der Waals surface area contributed by atoms with Gasteiger partial charge in [-0.15, -0.1) is 0 Å². The van der Waals surface area contributed by atoms with Crippen LogP contribution in [0.1, 0.15) is 30.4 Å². The van der Waals surface area contributed by atoms with Crippen LogP contribution < -0.4 is 10.5 Å². The summed E-state index contributed by atoms with van der Waals surface area (Å²) in [5.41, 5.74) is 6.22. The summed E-state index contributed by atoms with van der Waals surface area (Å²) in [4.78, 5) is 0. The molecule has 0 amide bonds. The Labute approximate surface area is 88.0 Å². The van der Waals surface area contributed by atoms with Crippen LogP contribution in [-0.2, 0) is 0 Å². The minimum atomic E-state index is -2.52. The van der Waals surface area contributed by atoms with Gasteiger partial charge in [-0.2, -0.15) is 0 Å². The van der Waals surface area contributed by atoms with Crippen LogP contribution in [0.2, 0.25) is 0 Å². The number of benzene rings is 1. The first kappa shape index (κ1) is 11.9. The highest BCUT2D eigenvalue weighted by Gasteiger charge is 2.15. The van der Waals surface area contributed by atoms with Gasteiger partial charge < -0.3 is 10.5 Å². The molecule has 1 unspecified atom stereocenters. The van der Waals surface area contributed by atoms with Gasteiger partial charge in [0.05, 0.1) is 12.7 Å². The zero-order valence-corrected chi connectivity index (χ0v) is 8.84. The molecule has 0 saturated carbocycles. The molecular weight excluding hydrogens is 200 g/mol. The van der Waals surface area contributed by atoms with Crippen molar-refractivity contribution in [1.82, 2.24) is 0 Å². The van der Waals surface area contributed by atoms with Crippen LogP contribution in [0.3, 0.4) is 0 Å². The van der Waals surface area contributed by atoms with Gasteiger partial charge in [0, 0.05) is 0 Å². The van der Waals surface area contributed by atoms with Crippen LogP contribution in [-0.4, -0.2) is 13.7 Å².